The Balaban J connectivity index is 2.10. The SMILES string of the molecule is COc1cc2nccc(Oc3ccc(C)nc3Cl)c2cc1OC. The van der Waals surface area contributed by atoms with E-state index in [1.807, 2.05) is 19.1 Å². The van der Waals surface area contributed by atoms with Gasteiger partial charge in [0.05, 0.1) is 19.7 Å². The zero-order valence-electron chi connectivity index (χ0n) is 13.0. The van der Waals surface area contributed by atoms with Gasteiger partial charge in [-0.3, -0.25) is 4.98 Å². The number of nitrogens with zero attached hydrogens (tertiary/aromatic N) is 2. The summed E-state index contributed by atoms with van der Waals surface area (Å²) >= 11 is 6.14. The fourth-order valence-electron chi connectivity index (χ4n) is 2.24. The Morgan fingerprint density at radius 1 is 0.913 bits per heavy atom. The van der Waals surface area contributed by atoms with Crippen molar-refractivity contribution in [1.82, 2.24) is 9.97 Å². The van der Waals surface area contributed by atoms with Gasteiger partial charge < -0.3 is 14.2 Å². The third-order valence-electron chi connectivity index (χ3n) is 3.38. The third-order valence-corrected chi connectivity index (χ3v) is 3.65. The molecule has 118 valence electrons. The summed E-state index contributed by atoms with van der Waals surface area (Å²) < 4.78 is 16.6. The van der Waals surface area contributed by atoms with Gasteiger partial charge >= 0.3 is 0 Å². The zero-order chi connectivity index (χ0) is 16.4. The maximum absolute atomic E-state index is 6.14. The summed E-state index contributed by atoms with van der Waals surface area (Å²) in [5.74, 6) is 2.31. The molecule has 0 unspecified atom stereocenters. The van der Waals surface area contributed by atoms with Gasteiger partial charge in [-0.15, -0.1) is 0 Å². The Morgan fingerprint density at radius 3 is 2.35 bits per heavy atom. The molecular formula is C17H15ClN2O3. The molecule has 6 heteroatoms. The van der Waals surface area contributed by atoms with Gasteiger partial charge in [-0.25, -0.2) is 4.98 Å². The molecule has 0 aliphatic carbocycles. The monoisotopic (exact) mass is 330 g/mol. The average Bonchev–Trinajstić information content (AvgIpc) is 2.56. The maximum atomic E-state index is 6.14. The van der Waals surface area contributed by atoms with Crippen molar-refractivity contribution in [1.29, 1.82) is 0 Å². The van der Waals surface area contributed by atoms with Gasteiger partial charge in [0.2, 0.25) is 0 Å². The Morgan fingerprint density at radius 2 is 1.65 bits per heavy atom. The highest BCUT2D eigenvalue weighted by molar-refractivity contribution is 6.30. The Hall–Kier alpha value is -2.53. The number of fused-ring (bicyclic) bond motifs is 1. The second-order valence-corrected chi connectivity index (χ2v) is 5.24. The van der Waals surface area contributed by atoms with Gasteiger partial charge in [-0.2, -0.15) is 0 Å². The van der Waals surface area contributed by atoms with E-state index in [9.17, 15) is 0 Å². The van der Waals surface area contributed by atoms with Crippen LogP contribution in [0, 0.1) is 6.92 Å². The summed E-state index contributed by atoms with van der Waals surface area (Å²) in [5.41, 5.74) is 1.56. The van der Waals surface area contributed by atoms with Crippen molar-refractivity contribution in [2.45, 2.75) is 6.92 Å². The van der Waals surface area contributed by atoms with Crippen LogP contribution in [0.3, 0.4) is 0 Å². The molecule has 0 bridgehead atoms. The van der Waals surface area contributed by atoms with Crippen LogP contribution in [0.2, 0.25) is 5.15 Å². The minimum atomic E-state index is 0.315. The van der Waals surface area contributed by atoms with Crippen LogP contribution in [-0.2, 0) is 0 Å². The molecule has 0 amide bonds. The number of benzene rings is 1. The molecule has 2 aromatic heterocycles. The van der Waals surface area contributed by atoms with E-state index >= 15 is 0 Å². The number of hydrogen-bond donors (Lipinski definition) is 0. The van der Waals surface area contributed by atoms with Gasteiger partial charge in [0.1, 0.15) is 5.75 Å². The highest BCUT2D eigenvalue weighted by atomic mass is 35.5. The quantitative estimate of drug-likeness (QED) is 0.663. The van der Waals surface area contributed by atoms with Crippen LogP contribution in [0.1, 0.15) is 5.69 Å². The van der Waals surface area contributed by atoms with Crippen molar-refractivity contribution in [3.05, 3.63) is 47.4 Å². The summed E-state index contributed by atoms with van der Waals surface area (Å²) in [7, 11) is 3.17. The van der Waals surface area contributed by atoms with Crippen LogP contribution < -0.4 is 14.2 Å². The minimum Gasteiger partial charge on any atom is -0.493 e. The molecule has 3 rings (SSSR count). The first-order valence-corrected chi connectivity index (χ1v) is 7.32. The minimum absolute atomic E-state index is 0.315. The van der Waals surface area contributed by atoms with Crippen molar-refractivity contribution >= 4 is 22.5 Å². The molecule has 0 saturated carbocycles. The van der Waals surface area contributed by atoms with Crippen molar-refractivity contribution in [2.24, 2.45) is 0 Å². The number of aryl methyl sites for hydroxylation is 1. The molecule has 3 aromatic rings. The van der Waals surface area contributed by atoms with E-state index in [1.54, 1.807) is 38.6 Å². The standard InChI is InChI=1S/C17H15ClN2O3/c1-10-4-5-14(17(18)20-10)23-13-6-7-19-12-9-16(22-3)15(21-2)8-11(12)13/h4-9H,1-3H3. The van der Waals surface area contributed by atoms with Gasteiger partial charge in [0.15, 0.2) is 22.4 Å². The number of aromatic nitrogens is 2. The lowest BCUT2D eigenvalue weighted by Gasteiger charge is -2.12. The fourth-order valence-corrected chi connectivity index (χ4v) is 2.48. The predicted molar refractivity (Wildman–Crippen MR) is 88.9 cm³/mol. The van der Waals surface area contributed by atoms with E-state index in [0.29, 0.717) is 28.2 Å². The van der Waals surface area contributed by atoms with Crippen molar-refractivity contribution in [3.8, 4) is 23.0 Å². The number of methoxy groups -OCH3 is 2. The molecule has 0 N–H and O–H groups in total. The molecule has 0 aliphatic rings. The average molecular weight is 331 g/mol. The number of ether oxygens (including phenoxy) is 3. The molecule has 0 aliphatic heterocycles. The van der Waals surface area contributed by atoms with Gasteiger partial charge in [-0.1, -0.05) is 11.6 Å². The molecular weight excluding hydrogens is 316 g/mol. The molecule has 1 aromatic carbocycles. The molecule has 0 radical (unpaired) electrons. The molecule has 5 nitrogen and oxygen atoms in total. The third kappa shape index (κ3) is 3.00. The molecule has 0 atom stereocenters. The lowest BCUT2D eigenvalue weighted by atomic mass is 10.2. The largest absolute Gasteiger partial charge is 0.493 e. The molecule has 2 heterocycles. The van der Waals surface area contributed by atoms with Crippen LogP contribution in [0.4, 0.5) is 0 Å². The van der Waals surface area contributed by atoms with Gasteiger partial charge in [0, 0.05) is 23.3 Å². The number of halogens is 1. The highest BCUT2D eigenvalue weighted by Gasteiger charge is 2.12. The summed E-state index contributed by atoms with van der Waals surface area (Å²) in [4.78, 5) is 8.53. The number of hydrogen-bond acceptors (Lipinski definition) is 5. The molecule has 23 heavy (non-hydrogen) atoms. The summed E-state index contributed by atoms with van der Waals surface area (Å²) in [6, 6.07) is 9.03. The van der Waals surface area contributed by atoms with E-state index in [2.05, 4.69) is 9.97 Å². The van der Waals surface area contributed by atoms with Crippen molar-refractivity contribution in [3.63, 3.8) is 0 Å². The molecule has 0 fully saturated rings. The van der Waals surface area contributed by atoms with Crippen LogP contribution in [-0.4, -0.2) is 24.2 Å². The second-order valence-electron chi connectivity index (χ2n) is 4.88. The molecule has 0 saturated heterocycles. The summed E-state index contributed by atoms with van der Waals surface area (Å²) in [6.45, 7) is 1.87. The van der Waals surface area contributed by atoms with Crippen molar-refractivity contribution in [2.75, 3.05) is 14.2 Å². The van der Waals surface area contributed by atoms with E-state index in [-0.39, 0.29) is 0 Å². The first-order valence-electron chi connectivity index (χ1n) is 6.94. The van der Waals surface area contributed by atoms with Gasteiger partial charge in [0.25, 0.3) is 0 Å². The van der Waals surface area contributed by atoms with Crippen LogP contribution in [0.15, 0.2) is 36.5 Å². The molecule has 0 spiro atoms. The Bertz CT molecular complexity index is 868. The summed E-state index contributed by atoms with van der Waals surface area (Å²) in [5, 5.41) is 1.11. The van der Waals surface area contributed by atoms with Crippen LogP contribution in [0.25, 0.3) is 10.9 Å². The normalized spacial score (nSPS) is 10.6. The first-order chi connectivity index (χ1) is 11.1. The van der Waals surface area contributed by atoms with Crippen LogP contribution in [0.5, 0.6) is 23.0 Å². The number of pyridine rings is 2. The highest BCUT2D eigenvalue weighted by Crippen LogP contribution is 2.37. The van der Waals surface area contributed by atoms with E-state index in [0.717, 1.165) is 16.6 Å². The van der Waals surface area contributed by atoms with E-state index < -0.39 is 0 Å². The maximum Gasteiger partial charge on any atom is 0.171 e. The van der Waals surface area contributed by atoms with Crippen molar-refractivity contribution < 1.29 is 14.2 Å². The lowest BCUT2D eigenvalue weighted by Crippen LogP contribution is -1.94. The van der Waals surface area contributed by atoms with Gasteiger partial charge in [-0.05, 0) is 31.2 Å². The second kappa shape index (κ2) is 6.30. The summed E-state index contributed by atoms with van der Waals surface area (Å²) in [6.07, 6.45) is 1.67. The van der Waals surface area contributed by atoms with E-state index in [4.69, 9.17) is 25.8 Å². The Kier molecular flexibility index (Phi) is 4.21. The lowest BCUT2D eigenvalue weighted by molar-refractivity contribution is 0.355. The number of rotatable bonds is 4. The zero-order valence-corrected chi connectivity index (χ0v) is 13.7. The fraction of sp³-hybridized carbons (Fsp3) is 0.176. The first kappa shape index (κ1) is 15.4. The van der Waals surface area contributed by atoms with Crippen LogP contribution >= 0.6 is 11.6 Å². The van der Waals surface area contributed by atoms with E-state index in [1.165, 1.54) is 0 Å². The predicted octanol–water partition coefficient (Wildman–Crippen LogP) is 4.40. The smallest absolute Gasteiger partial charge is 0.171 e. The Labute approximate surface area is 138 Å². The topological polar surface area (TPSA) is 53.5 Å².